The third-order valence-electron chi connectivity index (χ3n) is 2.82. The molecule has 0 saturated heterocycles. The highest BCUT2D eigenvalue weighted by Crippen LogP contribution is 2.23. The maximum Gasteiger partial charge on any atom is 0.573 e. The van der Waals surface area contributed by atoms with Gasteiger partial charge in [0.05, 0.1) is 0 Å². The van der Waals surface area contributed by atoms with Gasteiger partial charge in [-0.3, -0.25) is 0 Å². The average molecular weight is 305 g/mol. The Labute approximate surface area is 120 Å². The first-order valence-corrected chi connectivity index (χ1v) is 6.22. The molecule has 0 aromatic heterocycles. The number of amidine groups is 1. The van der Waals surface area contributed by atoms with Crippen molar-refractivity contribution >= 4 is 5.84 Å². The molecular weight excluding hydrogens is 287 g/mol. The van der Waals surface area contributed by atoms with E-state index in [-0.39, 0.29) is 17.5 Å². The number of nitrogens with two attached hydrogens (primary N) is 1. The van der Waals surface area contributed by atoms with Gasteiger partial charge in [0, 0.05) is 19.0 Å². The van der Waals surface area contributed by atoms with Crippen LogP contribution in [0.1, 0.15) is 12.5 Å². The SMILES string of the molecule is CC(CN(C)Cc1ccc(OC(F)(F)F)cc1)C(N)=NO. The van der Waals surface area contributed by atoms with Crippen molar-refractivity contribution in [1.29, 1.82) is 0 Å². The molecule has 8 heteroatoms. The predicted molar refractivity (Wildman–Crippen MR) is 72.0 cm³/mol. The summed E-state index contributed by atoms with van der Waals surface area (Å²) in [4.78, 5) is 1.92. The van der Waals surface area contributed by atoms with E-state index in [1.165, 1.54) is 12.1 Å². The molecule has 0 amide bonds. The van der Waals surface area contributed by atoms with E-state index in [1.54, 1.807) is 12.1 Å². The van der Waals surface area contributed by atoms with E-state index in [0.29, 0.717) is 13.1 Å². The number of rotatable bonds is 6. The van der Waals surface area contributed by atoms with Crippen LogP contribution in [0, 0.1) is 5.92 Å². The molecular formula is C13H18F3N3O2. The molecule has 1 aromatic carbocycles. The van der Waals surface area contributed by atoms with Crippen molar-refractivity contribution in [2.45, 2.75) is 19.8 Å². The van der Waals surface area contributed by atoms with Crippen molar-refractivity contribution in [3.05, 3.63) is 29.8 Å². The molecule has 3 N–H and O–H groups in total. The lowest BCUT2D eigenvalue weighted by Crippen LogP contribution is -2.32. The highest BCUT2D eigenvalue weighted by Gasteiger charge is 2.30. The van der Waals surface area contributed by atoms with Crippen LogP contribution < -0.4 is 10.5 Å². The summed E-state index contributed by atoms with van der Waals surface area (Å²) < 4.78 is 39.9. The molecule has 1 rings (SSSR count). The summed E-state index contributed by atoms with van der Waals surface area (Å²) in [7, 11) is 1.83. The van der Waals surface area contributed by atoms with Crippen molar-refractivity contribution in [3.8, 4) is 5.75 Å². The van der Waals surface area contributed by atoms with Gasteiger partial charge in [-0.15, -0.1) is 13.2 Å². The monoisotopic (exact) mass is 305 g/mol. The zero-order valence-corrected chi connectivity index (χ0v) is 11.8. The van der Waals surface area contributed by atoms with Gasteiger partial charge in [0.15, 0.2) is 0 Å². The zero-order chi connectivity index (χ0) is 16.0. The number of alkyl halides is 3. The van der Waals surface area contributed by atoms with Gasteiger partial charge in [-0.1, -0.05) is 24.2 Å². The minimum atomic E-state index is -4.69. The topological polar surface area (TPSA) is 71.1 Å². The highest BCUT2D eigenvalue weighted by atomic mass is 19.4. The predicted octanol–water partition coefficient (Wildman–Crippen LogP) is 2.40. The van der Waals surface area contributed by atoms with Gasteiger partial charge in [0.25, 0.3) is 0 Å². The maximum atomic E-state index is 12.0. The summed E-state index contributed by atoms with van der Waals surface area (Å²) in [6, 6.07) is 5.66. The van der Waals surface area contributed by atoms with Gasteiger partial charge in [-0.25, -0.2) is 0 Å². The van der Waals surface area contributed by atoms with Crippen LogP contribution in [0.15, 0.2) is 29.4 Å². The highest BCUT2D eigenvalue weighted by molar-refractivity contribution is 5.82. The van der Waals surface area contributed by atoms with Gasteiger partial charge in [0.1, 0.15) is 11.6 Å². The Morgan fingerprint density at radius 3 is 2.43 bits per heavy atom. The molecule has 0 bridgehead atoms. The van der Waals surface area contributed by atoms with Crippen molar-refractivity contribution < 1.29 is 23.1 Å². The second kappa shape index (κ2) is 7.16. The normalized spacial score (nSPS) is 14.3. The maximum absolute atomic E-state index is 12.0. The molecule has 1 aromatic rings. The lowest BCUT2D eigenvalue weighted by atomic mass is 10.1. The molecule has 0 spiro atoms. The Morgan fingerprint density at radius 2 is 1.95 bits per heavy atom. The molecule has 0 aliphatic carbocycles. The Balaban J connectivity index is 2.55. The van der Waals surface area contributed by atoms with Crippen LogP contribution in [0.2, 0.25) is 0 Å². The van der Waals surface area contributed by atoms with E-state index in [4.69, 9.17) is 10.9 Å². The number of ether oxygens (including phenoxy) is 1. The number of oxime groups is 1. The number of nitrogens with zero attached hydrogens (tertiary/aromatic N) is 2. The number of benzene rings is 1. The number of halogens is 3. The quantitative estimate of drug-likeness (QED) is 0.366. The average Bonchev–Trinajstić information content (AvgIpc) is 2.38. The third kappa shape index (κ3) is 6.35. The summed E-state index contributed by atoms with van der Waals surface area (Å²) >= 11 is 0. The van der Waals surface area contributed by atoms with Gasteiger partial charge in [-0.2, -0.15) is 0 Å². The van der Waals surface area contributed by atoms with E-state index < -0.39 is 6.36 Å². The minimum Gasteiger partial charge on any atom is -0.409 e. The first-order valence-electron chi connectivity index (χ1n) is 6.22. The summed E-state index contributed by atoms with van der Waals surface area (Å²) in [5.74, 6) is -0.248. The van der Waals surface area contributed by atoms with Crippen LogP contribution in [-0.2, 0) is 6.54 Å². The zero-order valence-electron chi connectivity index (χ0n) is 11.8. The van der Waals surface area contributed by atoms with Crippen LogP contribution in [0.3, 0.4) is 0 Å². The standard InChI is InChI=1S/C13H18F3N3O2/c1-9(12(17)18-20)7-19(2)8-10-3-5-11(6-4-10)21-13(14,15)16/h3-6,9,20H,7-8H2,1-2H3,(H2,17,18). The van der Waals surface area contributed by atoms with Crippen molar-refractivity contribution in [1.82, 2.24) is 4.90 Å². The second-order valence-corrected chi connectivity index (χ2v) is 4.81. The Hall–Kier alpha value is -1.96. The first kappa shape index (κ1) is 17.1. The molecule has 21 heavy (non-hydrogen) atoms. The van der Waals surface area contributed by atoms with E-state index in [2.05, 4.69) is 9.89 Å². The lowest BCUT2D eigenvalue weighted by Gasteiger charge is -2.20. The van der Waals surface area contributed by atoms with Crippen LogP contribution in [0.25, 0.3) is 0 Å². The minimum absolute atomic E-state index is 0.132. The van der Waals surface area contributed by atoms with Gasteiger partial charge in [-0.05, 0) is 24.7 Å². The molecule has 0 fully saturated rings. The molecule has 1 atom stereocenters. The lowest BCUT2D eigenvalue weighted by molar-refractivity contribution is -0.274. The molecule has 0 aliphatic rings. The first-order chi connectivity index (χ1) is 9.71. The van der Waals surface area contributed by atoms with Crippen molar-refractivity contribution in [2.75, 3.05) is 13.6 Å². The van der Waals surface area contributed by atoms with Gasteiger partial charge >= 0.3 is 6.36 Å². The van der Waals surface area contributed by atoms with Crippen molar-refractivity contribution in [2.24, 2.45) is 16.8 Å². The van der Waals surface area contributed by atoms with Crippen LogP contribution in [-0.4, -0.2) is 35.9 Å². The third-order valence-corrected chi connectivity index (χ3v) is 2.82. The van der Waals surface area contributed by atoms with Crippen LogP contribution in [0.4, 0.5) is 13.2 Å². The Morgan fingerprint density at radius 1 is 1.38 bits per heavy atom. The molecule has 1 unspecified atom stereocenters. The molecule has 0 radical (unpaired) electrons. The molecule has 0 saturated carbocycles. The van der Waals surface area contributed by atoms with Gasteiger partial charge < -0.3 is 20.6 Å². The number of hydrogen-bond acceptors (Lipinski definition) is 4. The summed E-state index contributed by atoms with van der Waals surface area (Å²) in [6.07, 6.45) is -4.69. The summed E-state index contributed by atoms with van der Waals surface area (Å²) in [6.45, 7) is 2.89. The van der Waals surface area contributed by atoms with Crippen LogP contribution >= 0.6 is 0 Å². The smallest absolute Gasteiger partial charge is 0.409 e. The van der Waals surface area contributed by atoms with E-state index in [0.717, 1.165) is 5.56 Å². The molecule has 5 nitrogen and oxygen atoms in total. The fourth-order valence-electron chi connectivity index (χ4n) is 1.83. The van der Waals surface area contributed by atoms with Crippen molar-refractivity contribution in [3.63, 3.8) is 0 Å². The molecule has 0 aliphatic heterocycles. The molecule has 0 heterocycles. The van der Waals surface area contributed by atoms with E-state index in [1.807, 2.05) is 18.9 Å². The fourth-order valence-corrected chi connectivity index (χ4v) is 1.83. The van der Waals surface area contributed by atoms with E-state index in [9.17, 15) is 13.2 Å². The van der Waals surface area contributed by atoms with Crippen LogP contribution in [0.5, 0.6) is 5.75 Å². The largest absolute Gasteiger partial charge is 0.573 e. The second-order valence-electron chi connectivity index (χ2n) is 4.81. The Bertz CT molecular complexity index is 475. The van der Waals surface area contributed by atoms with E-state index >= 15 is 0 Å². The fraction of sp³-hybridized carbons (Fsp3) is 0.462. The van der Waals surface area contributed by atoms with Gasteiger partial charge in [0.2, 0.25) is 0 Å². The Kier molecular flexibility index (Phi) is 5.83. The molecule has 118 valence electrons. The number of hydrogen-bond donors (Lipinski definition) is 2. The summed E-state index contributed by atoms with van der Waals surface area (Å²) in [5, 5.41) is 11.5. The summed E-state index contributed by atoms with van der Waals surface area (Å²) in [5.41, 5.74) is 6.32.